The fourth-order valence-corrected chi connectivity index (χ4v) is 3.52. The van der Waals surface area contributed by atoms with Crippen LogP contribution in [0.4, 0.5) is 0 Å². The molecule has 1 aliphatic rings. The maximum absolute atomic E-state index is 4.92. The zero-order valence-corrected chi connectivity index (χ0v) is 13.7. The molecule has 0 bridgehead atoms. The van der Waals surface area contributed by atoms with Crippen LogP contribution in [0.3, 0.4) is 0 Å². The zero-order valence-electron chi connectivity index (χ0n) is 13.7. The van der Waals surface area contributed by atoms with E-state index in [2.05, 4.69) is 64.9 Å². The molecule has 118 valence electrons. The van der Waals surface area contributed by atoms with Gasteiger partial charge in [-0.15, -0.1) is 0 Å². The third-order valence-electron chi connectivity index (χ3n) is 4.89. The van der Waals surface area contributed by atoms with Crippen molar-refractivity contribution in [1.82, 2.24) is 14.5 Å². The van der Waals surface area contributed by atoms with Crippen molar-refractivity contribution in [3.05, 3.63) is 65.5 Å². The normalized spacial score (nSPS) is 15.5. The number of rotatable bonds is 4. The van der Waals surface area contributed by atoms with E-state index in [4.69, 9.17) is 4.98 Å². The van der Waals surface area contributed by atoms with Crippen molar-refractivity contribution in [2.45, 2.75) is 32.9 Å². The summed E-state index contributed by atoms with van der Waals surface area (Å²) >= 11 is 0. The van der Waals surface area contributed by atoms with E-state index >= 15 is 0 Å². The van der Waals surface area contributed by atoms with Crippen LogP contribution in [0.25, 0.3) is 11.0 Å². The van der Waals surface area contributed by atoms with Gasteiger partial charge in [-0.3, -0.25) is 4.90 Å². The molecule has 1 saturated heterocycles. The maximum atomic E-state index is 4.92. The first-order valence-electron chi connectivity index (χ1n) is 8.52. The van der Waals surface area contributed by atoms with E-state index in [1.54, 1.807) is 0 Å². The average Bonchev–Trinajstić information content (AvgIpc) is 3.19. The highest BCUT2D eigenvalue weighted by Crippen LogP contribution is 2.21. The molecule has 0 radical (unpaired) electrons. The Kier molecular flexibility index (Phi) is 3.88. The first-order chi connectivity index (χ1) is 11.3. The van der Waals surface area contributed by atoms with Gasteiger partial charge in [0.05, 0.1) is 17.6 Å². The van der Waals surface area contributed by atoms with Gasteiger partial charge >= 0.3 is 0 Å². The van der Waals surface area contributed by atoms with Crippen molar-refractivity contribution >= 4 is 11.0 Å². The van der Waals surface area contributed by atoms with Gasteiger partial charge in [0, 0.05) is 6.54 Å². The number of fused-ring (bicyclic) bond motifs is 1. The quantitative estimate of drug-likeness (QED) is 0.727. The summed E-state index contributed by atoms with van der Waals surface area (Å²) in [5.74, 6) is 1.19. The lowest BCUT2D eigenvalue weighted by atomic mass is 10.1. The maximum Gasteiger partial charge on any atom is 0.124 e. The number of para-hydroxylation sites is 2. The zero-order chi connectivity index (χ0) is 15.6. The van der Waals surface area contributed by atoms with Crippen LogP contribution in [0.1, 0.15) is 29.8 Å². The average molecular weight is 305 g/mol. The minimum atomic E-state index is 0.899. The summed E-state index contributed by atoms with van der Waals surface area (Å²) in [5, 5.41) is 0. The van der Waals surface area contributed by atoms with Gasteiger partial charge in [0.1, 0.15) is 5.82 Å². The highest BCUT2D eigenvalue weighted by molar-refractivity contribution is 5.76. The van der Waals surface area contributed by atoms with Crippen LogP contribution in [0, 0.1) is 6.92 Å². The molecule has 0 saturated carbocycles. The standard InChI is InChI=1S/C20H23N3/c1-16-8-2-3-9-17(16)14-23-19-11-5-4-10-18(19)21-20(23)15-22-12-6-7-13-22/h2-5,8-11H,6-7,12-15H2,1H3. The Morgan fingerprint density at radius 1 is 0.913 bits per heavy atom. The van der Waals surface area contributed by atoms with Gasteiger partial charge in [0.2, 0.25) is 0 Å². The lowest BCUT2D eigenvalue weighted by Crippen LogP contribution is -2.21. The third-order valence-corrected chi connectivity index (χ3v) is 4.89. The van der Waals surface area contributed by atoms with E-state index in [0.717, 1.165) is 18.6 Å². The SMILES string of the molecule is Cc1ccccc1Cn1c(CN2CCCC2)nc2ccccc21. The second-order valence-electron chi connectivity index (χ2n) is 6.51. The summed E-state index contributed by atoms with van der Waals surface area (Å²) < 4.78 is 2.40. The molecular weight excluding hydrogens is 282 g/mol. The minimum Gasteiger partial charge on any atom is -0.322 e. The van der Waals surface area contributed by atoms with Crippen molar-refractivity contribution in [2.24, 2.45) is 0 Å². The highest BCUT2D eigenvalue weighted by atomic mass is 15.2. The van der Waals surface area contributed by atoms with Crippen LogP contribution in [0.15, 0.2) is 48.5 Å². The molecule has 0 atom stereocenters. The molecule has 4 rings (SSSR count). The van der Waals surface area contributed by atoms with Crippen molar-refractivity contribution in [3.8, 4) is 0 Å². The van der Waals surface area contributed by atoms with Crippen molar-refractivity contribution in [1.29, 1.82) is 0 Å². The third kappa shape index (κ3) is 2.89. The second-order valence-corrected chi connectivity index (χ2v) is 6.51. The number of benzene rings is 2. The van der Waals surface area contributed by atoms with Crippen LogP contribution in [-0.4, -0.2) is 27.5 Å². The summed E-state index contributed by atoms with van der Waals surface area (Å²) in [4.78, 5) is 7.45. The molecule has 1 aliphatic heterocycles. The fourth-order valence-electron chi connectivity index (χ4n) is 3.52. The van der Waals surface area contributed by atoms with E-state index in [0.29, 0.717) is 0 Å². The Balaban J connectivity index is 1.74. The van der Waals surface area contributed by atoms with E-state index < -0.39 is 0 Å². The van der Waals surface area contributed by atoms with Crippen molar-refractivity contribution < 1.29 is 0 Å². The summed E-state index contributed by atoms with van der Waals surface area (Å²) in [6, 6.07) is 17.1. The molecule has 0 amide bonds. The van der Waals surface area contributed by atoms with Gasteiger partial charge in [0.15, 0.2) is 0 Å². The molecule has 2 aromatic carbocycles. The number of likely N-dealkylation sites (tertiary alicyclic amines) is 1. The molecule has 3 aromatic rings. The molecule has 0 spiro atoms. The van der Waals surface area contributed by atoms with Crippen LogP contribution in [0.5, 0.6) is 0 Å². The first kappa shape index (κ1) is 14.5. The molecule has 3 nitrogen and oxygen atoms in total. The molecule has 0 aliphatic carbocycles. The Morgan fingerprint density at radius 2 is 1.65 bits per heavy atom. The smallest absolute Gasteiger partial charge is 0.124 e. The number of aromatic nitrogens is 2. The number of nitrogens with zero attached hydrogens (tertiary/aromatic N) is 3. The number of aryl methyl sites for hydroxylation is 1. The molecule has 3 heteroatoms. The summed E-state index contributed by atoms with van der Waals surface area (Å²) in [7, 11) is 0. The molecule has 0 unspecified atom stereocenters. The van der Waals surface area contributed by atoms with E-state index in [-0.39, 0.29) is 0 Å². The van der Waals surface area contributed by atoms with E-state index in [9.17, 15) is 0 Å². The van der Waals surface area contributed by atoms with Crippen molar-refractivity contribution in [2.75, 3.05) is 13.1 Å². The van der Waals surface area contributed by atoms with Crippen LogP contribution in [-0.2, 0) is 13.1 Å². The van der Waals surface area contributed by atoms with Crippen molar-refractivity contribution in [3.63, 3.8) is 0 Å². The van der Waals surface area contributed by atoms with Gasteiger partial charge < -0.3 is 4.57 Å². The molecule has 1 aromatic heterocycles. The first-order valence-corrected chi connectivity index (χ1v) is 8.52. The largest absolute Gasteiger partial charge is 0.322 e. The van der Waals surface area contributed by atoms with Crippen LogP contribution in [0.2, 0.25) is 0 Å². The van der Waals surface area contributed by atoms with Crippen LogP contribution >= 0.6 is 0 Å². The molecule has 2 heterocycles. The Morgan fingerprint density at radius 3 is 2.48 bits per heavy atom. The summed E-state index contributed by atoms with van der Waals surface area (Å²) in [5.41, 5.74) is 5.07. The van der Waals surface area contributed by atoms with Crippen LogP contribution < -0.4 is 0 Å². The molecular formula is C20H23N3. The van der Waals surface area contributed by atoms with Gasteiger partial charge in [0.25, 0.3) is 0 Å². The van der Waals surface area contributed by atoms with Gasteiger partial charge in [-0.25, -0.2) is 4.98 Å². The monoisotopic (exact) mass is 305 g/mol. The Bertz CT molecular complexity index is 813. The number of hydrogen-bond acceptors (Lipinski definition) is 2. The Hall–Kier alpha value is -2.13. The summed E-state index contributed by atoms with van der Waals surface area (Å²) in [6.45, 7) is 6.45. The second kappa shape index (κ2) is 6.17. The molecule has 0 N–H and O–H groups in total. The molecule has 23 heavy (non-hydrogen) atoms. The minimum absolute atomic E-state index is 0.899. The topological polar surface area (TPSA) is 21.1 Å². The number of imidazole rings is 1. The van der Waals surface area contributed by atoms with Gasteiger partial charge in [-0.1, -0.05) is 36.4 Å². The fraction of sp³-hybridized carbons (Fsp3) is 0.350. The summed E-state index contributed by atoms with van der Waals surface area (Å²) in [6.07, 6.45) is 2.63. The lowest BCUT2D eigenvalue weighted by molar-refractivity contribution is 0.318. The Labute approximate surface area is 137 Å². The predicted octanol–water partition coefficient (Wildman–Crippen LogP) is 3.99. The van der Waals surface area contributed by atoms with Gasteiger partial charge in [-0.2, -0.15) is 0 Å². The molecule has 1 fully saturated rings. The van der Waals surface area contributed by atoms with Gasteiger partial charge in [-0.05, 0) is 56.1 Å². The van der Waals surface area contributed by atoms with E-state index in [1.165, 1.54) is 48.4 Å². The predicted molar refractivity (Wildman–Crippen MR) is 94.5 cm³/mol. The lowest BCUT2D eigenvalue weighted by Gasteiger charge is -2.16. The van der Waals surface area contributed by atoms with E-state index in [1.807, 2.05) is 0 Å². The highest BCUT2D eigenvalue weighted by Gasteiger charge is 2.17. The number of hydrogen-bond donors (Lipinski definition) is 0.